The van der Waals surface area contributed by atoms with Crippen LogP contribution < -0.4 is 31.9 Å². The van der Waals surface area contributed by atoms with E-state index >= 15 is 0 Å². The fraction of sp³-hybridized carbons (Fsp3) is 0.150. The van der Waals surface area contributed by atoms with Crippen molar-refractivity contribution in [3.8, 4) is 5.75 Å². The average molecular weight is 365 g/mol. The second-order valence-corrected chi connectivity index (χ2v) is 5.92. The van der Waals surface area contributed by atoms with Crippen molar-refractivity contribution in [3.63, 3.8) is 0 Å². The maximum absolute atomic E-state index is 12.4. The van der Waals surface area contributed by atoms with Gasteiger partial charge in [0.05, 0.1) is 7.11 Å². The summed E-state index contributed by atoms with van der Waals surface area (Å²) in [5, 5.41) is 2.90. The van der Waals surface area contributed by atoms with Gasteiger partial charge >= 0.3 is 0 Å². The minimum absolute atomic E-state index is 0.163. The summed E-state index contributed by atoms with van der Waals surface area (Å²) >= 11 is 0. The third-order valence-corrected chi connectivity index (χ3v) is 4.20. The predicted molar refractivity (Wildman–Crippen MR) is 103 cm³/mol. The molecular formula is C20H19N3O4. The number of methoxy groups -OCH3 is 1. The van der Waals surface area contributed by atoms with E-state index in [1.165, 1.54) is 0 Å². The lowest BCUT2D eigenvalue weighted by Crippen LogP contribution is -2.47. The van der Waals surface area contributed by atoms with Gasteiger partial charge in [0.15, 0.2) is 0 Å². The summed E-state index contributed by atoms with van der Waals surface area (Å²) in [6, 6.07) is 7.11. The number of hydrogen-bond donors (Lipinski definition) is 3. The summed E-state index contributed by atoms with van der Waals surface area (Å²) < 4.78 is 5.10. The monoisotopic (exact) mass is 365 g/mol. The largest absolute Gasteiger partial charge is 0.497 e. The molecule has 1 amide bonds. The molecule has 0 spiro atoms. The van der Waals surface area contributed by atoms with Crippen molar-refractivity contribution in [1.29, 1.82) is 0 Å². The van der Waals surface area contributed by atoms with Gasteiger partial charge in [0, 0.05) is 12.6 Å². The summed E-state index contributed by atoms with van der Waals surface area (Å²) in [6.45, 7) is 0. The van der Waals surface area contributed by atoms with Crippen molar-refractivity contribution in [2.75, 3.05) is 14.2 Å². The zero-order valence-electron chi connectivity index (χ0n) is 15.0. The second kappa shape index (κ2) is 7.74. The molecule has 0 atom stereocenters. The Hall–Kier alpha value is -3.61. The molecule has 7 nitrogen and oxygen atoms in total. The molecule has 0 unspecified atom stereocenters. The van der Waals surface area contributed by atoms with E-state index in [-0.39, 0.29) is 16.6 Å². The number of likely N-dealkylation sites (N-methyl/N-ethyl adjacent to an activating group) is 1. The van der Waals surface area contributed by atoms with Gasteiger partial charge in [-0.15, -0.1) is 0 Å². The van der Waals surface area contributed by atoms with Crippen molar-refractivity contribution in [3.05, 3.63) is 85.0 Å². The number of aromatic amines is 2. The molecule has 1 aliphatic carbocycles. The van der Waals surface area contributed by atoms with Crippen LogP contribution in [0.15, 0.2) is 57.7 Å². The highest BCUT2D eigenvalue weighted by atomic mass is 16.5. The number of ether oxygens (including phenoxy) is 1. The van der Waals surface area contributed by atoms with E-state index in [0.29, 0.717) is 23.3 Å². The summed E-state index contributed by atoms with van der Waals surface area (Å²) in [5.74, 6) is 0.506. The molecule has 2 aromatic rings. The minimum Gasteiger partial charge on any atom is -0.497 e. The fourth-order valence-corrected chi connectivity index (χ4v) is 2.72. The van der Waals surface area contributed by atoms with Crippen LogP contribution in [-0.2, 0) is 4.79 Å². The van der Waals surface area contributed by atoms with Gasteiger partial charge in [-0.05, 0) is 41.8 Å². The molecule has 1 heterocycles. The van der Waals surface area contributed by atoms with Crippen LogP contribution in [0.2, 0.25) is 0 Å². The zero-order chi connectivity index (χ0) is 19.4. The maximum atomic E-state index is 12.4. The maximum Gasteiger partial charge on any atom is 0.272 e. The smallest absolute Gasteiger partial charge is 0.272 e. The summed E-state index contributed by atoms with van der Waals surface area (Å²) in [5.41, 5.74) is 1.11. The number of rotatable bonds is 3. The number of H-pyrrole nitrogens is 2. The highest BCUT2D eigenvalue weighted by molar-refractivity contribution is 5.97. The topological polar surface area (TPSA) is 104 Å². The van der Waals surface area contributed by atoms with Crippen molar-refractivity contribution in [2.24, 2.45) is 0 Å². The Bertz CT molecular complexity index is 1170. The molecule has 1 aromatic carbocycles. The Morgan fingerprint density at radius 2 is 1.85 bits per heavy atom. The van der Waals surface area contributed by atoms with E-state index < -0.39 is 11.1 Å². The average Bonchev–Trinajstić information content (AvgIpc) is 2.70. The highest BCUT2D eigenvalue weighted by Crippen LogP contribution is 2.14. The van der Waals surface area contributed by atoms with Crippen LogP contribution in [0.4, 0.5) is 0 Å². The standard InChI is InChI=1S/C20H19N3O4/c1-21-18(24)14-7-5-13(6-8-14)17-20(26)22-16(19(25)23-17)11-12-3-9-15(27-2)10-4-12/h3-5,7-11H,6H2,1-2H3,(H,21,24)(H,22,26)(H,23,25)/b16-11-,17-13+. The first kappa shape index (κ1) is 18.2. The van der Waals surface area contributed by atoms with Gasteiger partial charge in [-0.25, -0.2) is 0 Å². The molecule has 0 aliphatic heterocycles. The molecule has 0 radical (unpaired) electrons. The lowest BCUT2D eigenvalue weighted by atomic mass is 10.0. The quantitative estimate of drug-likeness (QED) is 0.694. The van der Waals surface area contributed by atoms with Crippen molar-refractivity contribution in [1.82, 2.24) is 15.3 Å². The van der Waals surface area contributed by atoms with E-state index in [9.17, 15) is 14.4 Å². The summed E-state index contributed by atoms with van der Waals surface area (Å²) in [7, 11) is 3.13. The van der Waals surface area contributed by atoms with Crippen LogP contribution >= 0.6 is 0 Å². The number of nitrogens with one attached hydrogen (secondary N) is 3. The third-order valence-electron chi connectivity index (χ3n) is 4.20. The van der Waals surface area contributed by atoms with Crippen molar-refractivity contribution < 1.29 is 9.53 Å². The number of amides is 1. The third kappa shape index (κ3) is 3.98. The lowest BCUT2D eigenvalue weighted by molar-refractivity contribution is -0.116. The molecule has 27 heavy (non-hydrogen) atoms. The molecule has 0 fully saturated rings. The van der Waals surface area contributed by atoms with Crippen LogP contribution in [0.1, 0.15) is 12.0 Å². The Balaban J connectivity index is 2.01. The molecule has 0 saturated carbocycles. The van der Waals surface area contributed by atoms with Crippen molar-refractivity contribution in [2.45, 2.75) is 6.42 Å². The normalized spacial score (nSPS) is 16.1. The van der Waals surface area contributed by atoms with Gasteiger partial charge < -0.3 is 20.0 Å². The van der Waals surface area contributed by atoms with Crippen LogP contribution in [0, 0.1) is 0 Å². The first-order valence-electron chi connectivity index (χ1n) is 8.33. The van der Waals surface area contributed by atoms with E-state index in [1.54, 1.807) is 62.7 Å². The molecule has 0 bridgehead atoms. The Morgan fingerprint density at radius 1 is 1.11 bits per heavy atom. The number of carbonyl (C=O) groups is 1. The Labute approximate surface area is 154 Å². The van der Waals surface area contributed by atoms with Crippen LogP contribution in [0.5, 0.6) is 5.75 Å². The van der Waals surface area contributed by atoms with E-state index in [4.69, 9.17) is 4.74 Å². The summed E-state index contributed by atoms with van der Waals surface area (Å²) in [4.78, 5) is 41.7. The van der Waals surface area contributed by atoms with Gasteiger partial charge in [0.1, 0.15) is 16.4 Å². The number of hydrogen-bond acceptors (Lipinski definition) is 4. The number of benzene rings is 1. The number of aromatic nitrogens is 2. The predicted octanol–water partition coefficient (Wildman–Crippen LogP) is -0.316. The molecule has 1 aromatic heterocycles. The number of allylic oxidation sites excluding steroid dienone is 2. The van der Waals surface area contributed by atoms with E-state index in [0.717, 1.165) is 5.56 Å². The first-order chi connectivity index (χ1) is 13.0. The van der Waals surface area contributed by atoms with Gasteiger partial charge in [0.2, 0.25) is 0 Å². The van der Waals surface area contributed by atoms with Gasteiger partial charge in [-0.2, -0.15) is 0 Å². The molecule has 3 N–H and O–H groups in total. The van der Waals surface area contributed by atoms with Crippen LogP contribution in [-0.4, -0.2) is 30.0 Å². The molecule has 0 saturated heterocycles. The van der Waals surface area contributed by atoms with Crippen LogP contribution in [0.25, 0.3) is 11.6 Å². The lowest BCUT2D eigenvalue weighted by Gasteiger charge is -2.07. The zero-order valence-corrected chi connectivity index (χ0v) is 15.0. The van der Waals surface area contributed by atoms with Gasteiger partial charge in [-0.3, -0.25) is 14.4 Å². The van der Waals surface area contributed by atoms with Gasteiger partial charge in [-0.1, -0.05) is 24.3 Å². The minimum atomic E-state index is -0.401. The number of carbonyl (C=O) groups excluding carboxylic acids is 1. The highest BCUT2D eigenvalue weighted by Gasteiger charge is 2.10. The molecule has 138 valence electrons. The SMILES string of the molecule is CNC(=O)C1=CC/C(=c2/[nH]c(=O)/c(=C/c3ccc(OC)cc3)[nH]c2=O)C=C1. The summed E-state index contributed by atoms with van der Waals surface area (Å²) in [6.07, 6.45) is 6.96. The Kier molecular flexibility index (Phi) is 5.21. The van der Waals surface area contributed by atoms with Gasteiger partial charge in [0.25, 0.3) is 17.0 Å². The first-order valence-corrected chi connectivity index (χ1v) is 8.33. The van der Waals surface area contributed by atoms with E-state index in [1.807, 2.05) is 0 Å². The molecule has 1 aliphatic rings. The molecule has 7 heteroatoms. The van der Waals surface area contributed by atoms with Crippen LogP contribution in [0.3, 0.4) is 0 Å². The molecule has 3 rings (SSSR count). The second-order valence-electron chi connectivity index (χ2n) is 5.92. The fourth-order valence-electron chi connectivity index (χ4n) is 2.72. The van der Waals surface area contributed by atoms with Crippen molar-refractivity contribution >= 4 is 17.6 Å². The van der Waals surface area contributed by atoms with E-state index in [2.05, 4.69) is 15.3 Å². The molecular weight excluding hydrogens is 346 g/mol. The Morgan fingerprint density at radius 3 is 2.44 bits per heavy atom.